The van der Waals surface area contributed by atoms with Gasteiger partial charge in [-0.15, -0.1) is 0 Å². The van der Waals surface area contributed by atoms with Crippen molar-refractivity contribution in [3.05, 3.63) is 102 Å². The van der Waals surface area contributed by atoms with Crippen LogP contribution in [0.4, 0.5) is 0 Å². The van der Waals surface area contributed by atoms with Crippen LogP contribution in [0.15, 0.2) is 84.9 Å². The van der Waals surface area contributed by atoms with E-state index in [1.807, 2.05) is 54.6 Å². The molecular formula is C25H26O3. The first kappa shape index (κ1) is 19.7. The van der Waals surface area contributed by atoms with E-state index in [4.69, 9.17) is 14.2 Å². The molecule has 0 spiro atoms. The minimum absolute atomic E-state index is 0.247. The van der Waals surface area contributed by atoms with Gasteiger partial charge in [0.15, 0.2) is 6.79 Å². The fourth-order valence-corrected chi connectivity index (χ4v) is 2.91. The number of aryl methyl sites for hydroxylation is 1. The van der Waals surface area contributed by atoms with Gasteiger partial charge in [-0.05, 0) is 36.1 Å². The number of hydrogen-bond donors (Lipinski definition) is 0. The zero-order chi connectivity index (χ0) is 19.4. The van der Waals surface area contributed by atoms with Gasteiger partial charge in [0.05, 0.1) is 0 Å². The first-order valence-electron chi connectivity index (χ1n) is 9.49. The number of allylic oxidation sites excluding steroid dienone is 1. The molecule has 28 heavy (non-hydrogen) atoms. The monoisotopic (exact) mass is 374 g/mol. The summed E-state index contributed by atoms with van der Waals surface area (Å²) in [7, 11) is 1.62. The highest BCUT2D eigenvalue weighted by Gasteiger charge is 2.03. The Labute approximate surface area is 167 Å². The average Bonchev–Trinajstić information content (AvgIpc) is 2.76. The first-order valence-corrected chi connectivity index (χ1v) is 9.49. The Morgan fingerprint density at radius 1 is 0.750 bits per heavy atom. The van der Waals surface area contributed by atoms with Crippen molar-refractivity contribution in [3.63, 3.8) is 0 Å². The predicted molar refractivity (Wildman–Crippen MR) is 114 cm³/mol. The number of methoxy groups -OCH3 is 1. The molecule has 0 aromatic heterocycles. The lowest BCUT2D eigenvalue weighted by Crippen LogP contribution is -2.00. The molecule has 3 aromatic carbocycles. The van der Waals surface area contributed by atoms with E-state index in [0.717, 1.165) is 29.9 Å². The summed E-state index contributed by atoms with van der Waals surface area (Å²) in [5.41, 5.74) is 3.44. The standard InChI is InChI=1S/C25H26O3/c1-26-20-28-25-18-10-8-16-23(25)14-6-5-13-22-15-7-9-17-24(22)27-19-21-11-3-2-4-12-21/h2-4,6-12,14-18H,5,13,19-20H2,1H3/b14-6+. The summed E-state index contributed by atoms with van der Waals surface area (Å²) in [6.45, 7) is 0.828. The van der Waals surface area contributed by atoms with E-state index >= 15 is 0 Å². The second-order valence-electron chi connectivity index (χ2n) is 6.41. The van der Waals surface area contributed by atoms with Gasteiger partial charge in [0, 0.05) is 12.7 Å². The van der Waals surface area contributed by atoms with E-state index in [-0.39, 0.29) is 6.79 Å². The first-order chi connectivity index (χ1) is 13.9. The Bertz CT molecular complexity index is 872. The van der Waals surface area contributed by atoms with Crippen molar-refractivity contribution in [1.82, 2.24) is 0 Å². The van der Waals surface area contributed by atoms with Crippen LogP contribution in [0.3, 0.4) is 0 Å². The van der Waals surface area contributed by atoms with Gasteiger partial charge in [-0.3, -0.25) is 0 Å². The van der Waals surface area contributed by atoms with Crippen molar-refractivity contribution in [2.75, 3.05) is 13.9 Å². The van der Waals surface area contributed by atoms with Gasteiger partial charge in [-0.25, -0.2) is 0 Å². The summed E-state index contributed by atoms with van der Waals surface area (Å²) in [6.07, 6.45) is 6.11. The second kappa shape index (κ2) is 11.0. The van der Waals surface area contributed by atoms with Crippen LogP contribution in [0, 0.1) is 0 Å². The predicted octanol–water partition coefficient (Wildman–Crippen LogP) is 5.89. The molecule has 3 nitrogen and oxygen atoms in total. The van der Waals surface area contributed by atoms with Crippen LogP contribution in [0.2, 0.25) is 0 Å². The normalized spacial score (nSPS) is 10.9. The molecule has 0 bridgehead atoms. The molecule has 0 N–H and O–H groups in total. The number of benzene rings is 3. The molecule has 0 aliphatic rings. The Kier molecular flexibility index (Phi) is 7.71. The van der Waals surface area contributed by atoms with Crippen molar-refractivity contribution in [2.45, 2.75) is 19.4 Å². The molecule has 3 rings (SSSR count). The summed E-state index contributed by atoms with van der Waals surface area (Å²) < 4.78 is 16.6. The molecule has 3 heteroatoms. The van der Waals surface area contributed by atoms with Crippen molar-refractivity contribution in [1.29, 1.82) is 0 Å². The van der Waals surface area contributed by atoms with Crippen LogP contribution in [-0.2, 0) is 17.8 Å². The summed E-state index contributed by atoms with van der Waals surface area (Å²) in [5, 5.41) is 0. The van der Waals surface area contributed by atoms with E-state index in [1.54, 1.807) is 7.11 Å². The maximum atomic E-state index is 6.04. The van der Waals surface area contributed by atoms with E-state index in [9.17, 15) is 0 Å². The molecule has 0 atom stereocenters. The van der Waals surface area contributed by atoms with Crippen molar-refractivity contribution < 1.29 is 14.2 Å². The summed E-state index contributed by atoms with van der Waals surface area (Å²) >= 11 is 0. The number of ether oxygens (including phenoxy) is 3. The van der Waals surface area contributed by atoms with E-state index < -0.39 is 0 Å². The fourth-order valence-electron chi connectivity index (χ4n) is 2.91. The van der Waals surface area contributed by atoms with Crippen LogP contribution in [0.25, 0.3) is 6.08 Å². The largest absolute Gasteiger partial charge is 0.489 e. The van der Waals surface area contributed by atoms with Crippen LogP contribution in [0.5, 0.6) is 11.5 Å². The minimum Gasteiger partial charge on any atom is -0.489 e. The lowest BCUT2D eigenvalue weighted by atomic mass is 10.1. The Morgan fingerprint density at radius 3 is 2.29 bits per heavy atom. The highest BCUT2D eigenvalue weighted by molar-refractivity contribution is 5.57. The highest BCUT2D eigenvalue weighted by atomic mass is 16.7. The van der Waals surface area contributed by atoms with Crippen molar-refractivity contribution in [3.8, 4) is 11.5 Å². The summed E-state index contributed by atoms with van der Waals surface area (Å²) in [5.74, 6) is 1.77. The SMILES string of the molecule is COCOc1ccccc1/C=C/CCc1ccccc1OCc1ccccc1. The average molecular weight is 374 g/mol. The van der Waals surface area contributed by atoms with Crippen LogP contribution >= 0.6 is 0 Å². The Balaban J connectivity index is 1.57. The van der Waals surface area contributed by atoms with Crippen LogP contribution in [0.1, 0.15) is 23.1 Å². The van der Waals surface area contributed by atoms with Gasteiger partial charge in [-0.2, -0.15) is 0 Å². The molecule has 0 unspecified atom stereocenters. The molecular weight excluding hydrogens is 348 g/mol. The van der Waals surface area contributed by atoms with E-state index in [1.165, 1.54) is 11.1 Å². The van der Waals surface area contributed by atoms with Gasteiger partial charge >= 0.3 is 0 Å². The van der Waals surface area contributed by atoms with Gasteiger partial charge < -0.3 is 14.2 Å². The third-order valence-corrected chi connectivity index (χ3v) is 4.34. The number of para-hydroxylation sites is 2. The Hall–Kier alpha value is -3.04. The quantitative estimate of drug-likeness (QED) is 0.414. The van der Waals surface area contributed by atoms with Crippen molar-refractivity contribution in [2.24, 2.45) is 0 Å². The van der Waals surface area contributed by atoms with E-state index in [2.05, 4.69) is 36.4 Å². The summed E-state index contributed by atoms with van der Waals surface area (Å²) in [4.78, 5) is 0. The smallest absolute Gasteiger partial charge is 0.188 e. The zero-order valence-corrected chi connectivity index (χ0v) is 16.2. The molecule has 0 radical (unpaired) electrons. The van der Waals surface area contributed by atoms with Gasteiger partial charge in [-0.1, -0.05) is 78.9 Å². The lowest BCUT2D eigenvalue weighted by Gasteiger charge is -2.11. The maximum Gasteiger partial charge on any atom is 0.188 e. The second-order valence-corrected chi connectivity index (χ2v) is 6.41. The maximum absolute atomic E-state index is 6.04. The third-order valence-electron chi connectivity index (χ3n) is 4.34. The summed E-state index contributed by atoms with van der Waals surface area (Å²) in [6, 6.07) is 26.4. The minimum atomic E-state index is 0.247. The van der Waals surface area contributed by atoms with Crippen molar-refractivity contribution >= 4 is 6.08 Å². The molecule has 0 saturated heterocycles. The van der Waals surface area contributed by atoms with Gasteiger partial charge in [0.2, 0.25) is 0 Å². The molecule has 0 aliphatic heterocycles. The molecule has 3 aromatic rings. The van der Waals surface area contributed by atoms with Crippen LogP contribution in [-0.4, -0.2) is 13.9 Å². The molecule has 0 amide bonds. The van der Waals surface area contributed by atoms with Gasteiger partial charge in [0.25, 0.3) is 0 Å². The molecule has 0 saturated carbocycles. The number of hydrogen-bond acceptors (Lipinski definition) is 3. The third kappa shape index (κ3) is 6.00. The highest BCUT2D eigenvalue weighted by Crippen LogP contribution is 2.23. The molecule has 0 heterocycles. The van der Waals surface area contributed by atoms with Crippen LogP contribution < -0.4 is 9.47 Å². The topological polar surface area (TPSA) is 27.7 Å². The van der Waals surface area contributed by atoms with E-state index in [0.29, 0.717) is 6.61 Å². The van der Waals surface area contributed by atoms with Gasteiger partial charge in [0.1, 0.15) is 18.1 Å². The molecule has 144 valence electrons. The number of rotatable bonds is 10. The lowest BCUT2D eigenvalue weighted by molar-refractivity contribution is 0.0510. The molecule has 0 aliphatic carbocycles. The molecule has 0 fully saturated rings. The zero-order valence-electron chi connectivity index (χ0n) is 16.2. The Morgan fingerprint density at radius 2 is 1.46 bits per heavy atom. The fraction of sp³-hybridized carbons (Fsp3) is 0.200.